The molecule has 132 valence electrons. The van der Waals surface area contributed by atoms with Crippen molar-refractivity contribution in [1.29, 1.82) is 0 Å². The van der Waals surface area contributed by atoms with Gasteiger partial charge >= 0.3 is 0 Å². The molecule has 0 saturated carbocycles. The minimum Gasteiger partial charge on any atom is -0.342 e. The van der Waals surface area contributed by atoms with E-state index in [2.05, 4.69) is 10.4 Å². The maximum atomic E-state index is 12.3. The summed E-state index contributed by atoms with van der Waals surface area (Å²) in [6, 6.07) is 11.9. The first-order chi connectivity index (χ1) is 12.1. The monoisotopic (exact) mass is 340 g/mol. The molecule has 1 aliphatic rings. The van der Waals surface area contributed by atoms with Crippen LogP contribution in [0.25, 0.3) is 0 Å². The lowest BCUT2D eigenvalue weighted by Crippen LogP contribution is -2.37. The van der Waals surface area contributed by atoms with Crippen molar-refractivity contribution >= 4 is 17.6 Å². The number of carbonyl (C=O) groups is 2. The van der Waals surface area contributed by atoms with Crippen LogP contribution in [0.1, 0.15) is 44.2 Å². The van der Waals surface area contributed by atoms with Crippen LogP contribution in [0, 0.1) is 0 Å². The molecule has 6 heteroatoms. The Labute approximate surface area is 147 Å². The topological polar surface area (TPSA) is 67.2 Å². The third-order valence-corrected chi connectivity index (χ3v) is 4.62. The van der Waals surface area contributed by atoms with E-state index in [1.807, 2.05) is 37.3 Å². The van der Waals surface area contributed by atoms with E-state index in [-0.39, 0.29) is 17.9 Å². The van der Waals surface area contributed by atoms with Crippen LogP contribution in [0.5, 0.6) is 0 Å². The number of benzene rings is 1. The number of hydrogen-bond donors (Lipinski definition) is 1. The van der Waals surface area contributed by atoms with Crippen LogP contribution < -0.4 is 5.32 Å². The van der Waals surface area contributed by atoms with Crippen molar-refractivity contribution in [3.63, 3.8) is 0 Å². The molecule has 2 heterocycles. The highest BCUT2D eigenvalue weighted by Crippen LogP contribution is 2.21. The number of anilines is 1. The molecule has 1 N–H and O–H groups in total. The van der Waals surface area contributed by atoms with E-state index < -0.39 is 0 Å². The first kappa shape index (κ1) is 17.2. The lowest BCUT2D eigenvalue weighted by atomic mass is 10.1. The molecule has 1 aromatic heterocycles. The SMILES string of the molecule is C[C@@H](c1ccccc1)n1nccc1NC(=O)CCN1CCCCC1=O. The minimum absolute atomic E-state index is 0.0233. The van der Waals surface area contributed by atoms with Gasteiger partial charge in [0, 0.05) is 32.0 Å². The van der Waals surface area contributed by atoms with E-state index in [0.29, 0.717) is 25.2 Å². The van der Waals surface area contributed by atoms with Gasteiger partial charge in [0.1, 0.15) is 5.82 Å². The molecular formula is C19H24N4O2. The molecule has 1 fully saturated rings. The summed E-state index contributed by atoms with van der Waals surface area (Å²) in [4.78, 5) is 25.9. The fourth-order valence-electron chi connectivity index (χ4n) is 3.13. The number of rotatable bonds is 6. The molecule has 1 saturated heterocycles. The van der Waals surface area contributed by atoms with Crippen LogP contribution in [0.4, 0.5) is 5.82 Å². The fraction of sp³-hybridized carbons (Fsp3) is 0.421. The van der Waals surface area contributed by atoms with Gasteiger partial charge in [-0.15, -0.1) is 0 Å². The van der Waals surface area contributed by atoms with Crippen molar-refractivity contribution in [1.82, 2.24) is 14.7 Å². The molecule has 0 radical (unpaired) electrons. The molecule has 0 bridgehead atoms. The highest BCUT2D eigenvalue weighted by Gasteiger charge is 2.19. The molecule has 25 heavy (non-hydrogen) atoms. The largest absolute Gasteiger partial charge is 0.342 e. The van der Waals surface area contributed by atoms with Crippen molar-refractivity contribution in [3.8, 4) is 0 Å². The number of aromatic nitrogens is 2. The summed E-state index contributed by atoms with van der Waals surface area (Å²) in [5.41, 5.74) is 1.13. The van der Waals surface area contributed by atoms with Gasteiger partial charge in [-0.2, -0.15) is 5.10 Å². The Bertz CT molecular complexity index is 726. The van der Waals surface area contributed by atoms with Crippen molar-refractivity contribution in [2.24, 2.45) is 0 Å². The number of likely N-dealkylation sites (tertiary alicyclic amines) is 1. The number of piperidine rings is 1. The van der Waals surface area contributed by atoms with Crippen LogP contribution >= 0.6 is 0 Å². The summed E-state index contributed by atoms with van der Waals surface area (Å²) in [6.07, 6.45) is 4.57. The quantitative estimate of drug-likeness (QED) is 0.879. The maximum Gasteiger partial charge on any atom is 0.227 e. The van der Waals surface area contributed by atoms with Crippen LogP contribution in [-0.2, 0) is 9.59 Å². The van der Waals surface area contributed by atoms with Gasteiger partial charge in [0.2, 0.25) is 11.8 Å². The lowest BCUT2D eigenvalue weighted by molar-refractivity contribution is -0.133. The number of nitrogens with zero attached hydrogens (tertiary/aromatic N) is 3. The zero-order valence-corrected chi connectivity index (χ0v) is 14.5. The predicted octanol–water partition coefficient (Wildman–Crippen LogP) is 2.83. The predicted molar refractivity (Wildman–Crippen MR) is 96.2 cm³/mol. The highest BCUT2D eigenvalue weighted by atomic mass is 16.2. The van der Waals surface area contributed by atoms with Gasteiger partial charge < -0.3 is 10.2 Å². The van der Waals surface area contributed by atoms with Crippen LogP contribution in [0.2, 0.25) is 0 Å². The number of amides is 2. The summed E-state index contributed by atoms with van der Waals surface area (Å²) in [6.45, 7) is 3.28. The molecular weight excluding hydrogens is 316 g/mol. The second-order valence-electron chi connectivity index (χ2n) is 6.38. The second-order valence-corrected chi connectivity index (χ2v) is 6.38. The first-order valence-electron chi connectivity index (χ1n) is 8.81. The lowest BCUT2D eigenvalue weighted by Gasteiger charge is -2.26. The smallest absolute Gasteiger partial charge is 0.227 e. The Hall–Kier alpha value is -2.63. The third kappa shape index (κ3) is 4.26. The van der Waals surface area contributed by atoms with E-state index in [1.54, 1.807) is 21.8 Å². The zero-order chi connectivity index (χ0) is 17.6. The van der Waals surface area contributed by atoms with Crippen LogP contribution in [0.15, 0.2) is 42.6 Å². The van der Waals surface area contributed by atoms with E-state index in [0.717, 1.165) is 24.9 Å². The molecule has 0 aliphatic carbocycles. The Morgan fingerprint density at radius 1 is 1.24 bits per heavy atom. The van der Waals surface area contributed by atoms with Crippen LogP contribution in [-0.4, -0.2) is 39.6 Å². The minimum atomic E-state index is -0.0969. The van der Waals surface area contributed by atoms with Crippen molar-refractivity contribution < 1.29 is 9.59 Å². The molecule has 2 aromatic rings. The Balaban J connectivity index is 1.59. The second kappa shape index (κ2) is 7.96. The third-order valence-electron chi connectivity index (χ3n) is 4.62. The van der Waals surface area contributed by atoms with E-state index >= 15 is 0 Å². The molecule has 1 aromatic carbocycles. The number of hydrogen-bond acceptors (Lipinski definition) is 3. The van der Waals surface area contributed by atoms with Gasteiger partial charge in [-0.05, 0) is 25.3 Å². The molecule has 0 spiro atoms. The van der Waals surface area contributed by atoms with Crippen molar-refractivity contribution in [2.45, 2.75) is 38.6 Å². The highest BCUT2D eigenvalue weighted by molar-refractivity contribution is 5.90. The molecule has 3 rings (SSSR count). The van der Waals surface area contributed by atoms with Crippen molar-refractivity contribution in [2.75, 3.05) is 18.4 Å². The molecule has 6 nitrogen and oxygen atoms in total. The molecule has 2 amide bonds. The van der Waals surface area contributed by atoms with Gasteiger partial charge in [0.05, 0.1) is 12.2 Å². The van der Waals surface area contributed by atoms with Crippen molar-refractivity contribution in [3.05, 3.63) is 48.2 Å². The summed E-state index contributed by atoms with van der Waals surface area (Å²) in [5.74, 6) is 0.730. The van der Waals surface area contributed by atoms with E-state index in [9.17, 15) is 9.59 Å². The van der Waals surface area contributed by atoms with Gasteiger partial charge in [-0.25, -0.2) is 4.68 Å². The van der Waals surface area contributed by atoms with Gasteiger partial charge in [0.25, 0.3) is 0 Å². The maximum absolute atomic E-state index is 12.3. The molecule has 1 atom stereocenters. The Morgan fingerprint density at radius 3 is 2.80 bits per heavy atom. The van der Waals surface area contributed by atoms with Gasteiger partial charge in [0.15, 0.2) is 0 Å². The summed E-state index contributed by atoms with van der Waals surface area (Å²) in [7, 11) is 0. The normalized spacial score (nSPS) is 15.9. The standard InChI is InChI=1S/C19H24N4O2/c1-15(16-7-3-2-4-8-16)23-17(10-12-20-23)21-18(24)11-14-22-13-6-5-9-19(22)25/h2-4,7-8,10,12,15H,5-6,9,11,13-14H2,1H3,(H,21,24)/t15-/m0/s1. The van der Waals surface area contributed by atoms with Gasteiger partial charge in [-0.1, -0.05) is 30.3 Å². The first-order valence-corrected chi connectivity index (χ1v) is 8.81. The molecule has 0 unspecified atom stereocenters. The summed E-state index contributed by atoms with van der Waals surface area (Å²) >= 11 is 0. The fourth-order valence-corrected chi connectivity index (χ4v) is 3.13. The van der Waals surface area contributed by atoms with Crippen LogP contribution in [0.3, 0.4) is 0 Å². The summed E-state index contributed by atoms with van der Waals surface area (Å²) < 4.78 is 1.80. The number of nitrogens with one attached hydrogen (secondary N) is 1. The Kier molecular flexibility index (Phi) is 5.48. The Morgan fingerprint density at radius 2 is 2.04 bits per heavy atom. The zero-order valence-electron chi connectivity index (χ0n) is 14.5. The molecule has 1 aliphatic heterocycles. The van der Waals surface area contributed by atoms with Gasteiger partial charge in [-0.3, -0.25) is 9.59 Å². The van der Waals surface area contributed by atoms with E-state index in [1.165, 1.54) is 0 Å². The summed E-state index contributed by atoms with van der Waals surface area (Å²) in [5, 5.41) is 7.26. The average Bonchev–Trinajstić information content (AvgIpc) is 3.09. The van der Waals surface area contributed by atoms with E-state index in [4.69, 9.17) is 0 Å². The average molecular weight is 340 g/mol. The number of carbonyl (C=O) groups excluding carboxylic acids is 2.